The maximum Gasteiger partial charge on any atom is 0.174 e. The Kier molecular flexibility index (Phi) is 5.66. The number of rotatable bonds is 8. The van der Waals surface area contributed by atoms with Gasteiger partial charge in [-0.05, 0) is 58.8 Å². The third-order valence-electron chi connectivity index (χ3n) is 4.29. The highest BCUT2D eigenvalue weighted by Crippen LogP contribution is 2.30. The molecule has 28 heavy (non-hydrogen) atoms. The molecule has 0 bridgehead atoms. The lowest BCUT2D eigenvalue weighted by Crippen LogP contribution is -2.31. The average Bonchev–Trinajstić information content (AvgIpc) is 3.36. The fourth-order valence-corrected chi connectivity index (χ4v) is 3.52. The number of hydrogen-bond acceptors (Lipinski definition) is 6. The molecule has 0 saturated carbocycles. The van der Waals surface area contributed by atoms with Gasteiger partial charge < -0.3 is 19.7 Å². The molecular weight excluding hydrogens is 379 g/mol. The zero-order valence-corrected chi connectivity index (χ0v) is 15.8. The summed E-state index contributed by atoms with van der Waals surface area (Å²) in [6.07, 6.45) is -0.605. The molecule has 0 spiro atoms. The smallest absolute Gasteiger partial charge is 0.174 e. The van der Waals surface area contributed by atoms with Crippen molar-refractivity contribution >= 4 is 22.2 Å². The van der Waals surface area contributed by atoms with Gasteiger partial charge in [0.25, 0.3) is 0 Å². The number of ether oxygens (including phenoxy) is 1. The molecule has 1 atom stereocenters. The summed E-state index contributed by atoms with van der Waals surface area (Å²) >= 11 is 1.65. The van der Waals surface area contributed by atoms with Crippen LogP contribution in [0.4, 0.5) is 4.39 Å². The van der Waals surface area contributed by atoms with Crippen molar-refractivity contribution < 1.29 is 18.8 Å². The molecule has 0 amide bonds. The maximum absolute atomic E-state index is 13.3. The number of nitrogens with one attached hydrogen (secondary N) is 1. The predicted molar refractivity (Wildman–Crippen MR) is 107 cm³/mol. The van der Waals surface area contributed by atoms with Crippen LogP contribution in [0.3, 0.4) is 0 Å². The Hall–Kier alpha value is -2.74. The van der Waals surface area contributed by atoms with Crippen molar-refractivity contribution in [3.63, 3.8) is 0 Å². The lowest BCUT2D eigenvalue weighted by molar-refractivity contribution is 0.106. The molecule has 2 N–H and O–H groups in total. The van der Waals surface area contributed by atoms with Crippen LogP contribution in [0.1, 0.15) is 5.56 Å². The molecule has 0 saturated heterocycles. The molecule has 0 aliphatic rings. The molecule has 2 aromatic carbocycles. The molecule has 4 aromatic rings. The first-order chi connectivity index (χ1) is 13.7. The van der Waals surface area contributed by atoms with Gasteiger partial charge in [0.05, 0.1) is 0 Å². The number of fused-ring (bicyclic) bond motifs is 1. The van der Waals surface area contributed by atoms with E-state index in [0.29, 0.717) is 23.6 Å². The summed E-state index contributed by atoms with van der Waals surface area (Å²) in [5.74, 6) is 0.884. The average molecular weight is 398 g/mol. The topological polar surface area (TPSA) is 67.5 Å². The van der Waals surface area contributed by atoms with E-state index in [0.717, 1.165) is 17.5 Å². The highest BCUT2D eigenvalue weighted by molar-refractivity contribution is 7.07. The Bertz CT molecular complexity index is 1030. The minimum absolute atomic E-state index is 0.195. The quantitative estimate of drug-likeness (QED) is 0.465. The van der Waals surface area contributed by atoms with Crippen molar-refractivity contribution in [2.45, 2.75) is 12.6 Å². The number of benzene rings is 2. The molecule has 5 nitrogen and oxygen atoms in total. The summed E-state index contributed by atoms with van der Waals surface area (Å²) in [5, 5.41) is 22.0. The summed E-state index contributed by atoms with van der Waals surface area (Å²) in [6, 6.07) is 13.7. The molecular formula is C21H19FN2O3S. The van der Waals surface area contributed by atoms with Crippen molar-refractivity contribution in [2.75, 3.05) is 13.2 Å². The van der Waals surface area contributed by atoms with E-state index in [1.165, 1.54) is 17.7 Å². The van der Waals surface area contributed by atoms with Crippen LogP contribution in [-0.4, -0.2) is 29.5 Å². The number of halogens is 1. The number of aliphatic hydroxyl groups is 1. The first-order valence-corrected chi connectivity index (χ1v) is 9.81. The van der Waals surface area contributed by atoms with E-state index in [1.807, 2.05) is 17.5 Å². The Labute approximate surface area is 165 Å². The van der Waals surface area contributed by atoms with Crippen LogP contribution in [0.25, 0.3) is 22.2 Å². The second-order valence-electron chi connectivity index (χ2n) is 6.42. The van der Waals surface area contributed by atoms with E-state index in [2.05, 4.69) is 21.9 Å². The largest absolute Gasteiger partial charge is 0.491 e. The van der Waals surface area contributed by atoms with Crippen LogP contribution in [0.15, 0.2) is 63.8 Å². The Balaban J connectivity index is 1.31. The molecule has 144 valence electrons. The Morgan fingerprint density at radius 2 is 2.04 bits per heavy atom. The van der Waals surface area contributed by atoms with E-state index in [9.17, 15) is 9.50 Å². The lowest BCUT2D eigenvalue weighted by atomic mass is 10.1. The van der Waals surface area contributed by atoms with Gasteiger partial charge in [0.1, 0.15) is 29.8 Å². The minimum atomic E-state index is -0.605. The van der Waals surface area contributed by atoms with Gasteiger partial charge in [-0.15, -0.1) is 0 Å². The summed E-state index contributed by atoms with van der Waals surface area (Å²) in [6.45, 7) is 1.37. The minimum Gasteiger partial charge on any atom is -0.491 e. The fraction of sp³-hybridized carbons (Fsp3) is 0.190. The monoisotopic (exact) mass is 398 g/mol. The van der Waals surface area contributed by atoms with Crippen LogP contribution in [-0.2, 0) is 6.54 Å². The number of aliphatic hydroxyl groups excluding tert-OH is 1. The summed E-state index contributed by atoms with van der Waals surface area (Å²) in [4.78, 5) is 0. The summed E-state index contributed by atoms with van der Waals surface area (Å²) < 4.78 is 24.3. The molecule has 0 aliphatic carbocycles. The van der Waals surface area contributed by atoms with E-state index in [1.54, 1.807) is 29.5 Å². The van der Waals surface area contributed by atoms with Crippen molar-refractivity contribution in [1.82, 2.24) is 10.5 Å². The lowest BCUT2D eigenvalue weighted by Gasteiger charge is -2.13. The van der Waals surface area contributed by atoms with Gasteiger partial charge in [0.15, 0.2) is 5.76 Å². The standard InChI is InChI=1S/C21H19FN2O3S/c22-16-3-6-19-20(9-16)24-27-21(19)15-1-4-18(5-2-15)26-12-17(25)11-23-10-14-7-8-28-13-14/h1-9,13,17,23,25H,10-12H2/t17-/m0/s1. The van der Waals surface area contributed by atoms with Gasteiger partial charge in [-0.25, -0.2) is 4.39 Å². The molecule has 0 aliphatic heterocycles. The van der Waals surface area contributed by atoms with Crippen LogP contribution in [0.5, 0.6) is 5.75 Å². The molecule has 2 aromatic heterocycles. The molecule has 2 heterocycles. The van der Waals surface area contributed by atoms with E-state index in [-0.39, 0.29) is 12.4 Å². The molecule has 0 radical (unpaired) electrons. The van der Waals surface area contributed by atoms with Gasteiger partial charge >= 0.3 is 0 Å². The molecule has 0 unspecified atom stereocenters. The molecule has 0 fully saturated rings. The van der Waals surface area contributed by atoms with Crippen molar-refractivity contribution in [1.29, 1.82) is 0 Å². The number of nitrogens with zero attached hydrogens (tertiary/aromatic N) is 1. The first kappa shape index (κ1) is 18.6. The van der Waals surface area contributed by atoms with Gasteiger partial charge in [-0.3, -0.25) is 0 Å². The van der Waals surface area contributed by atoms with Crippen molar-refractivity contribution in [3.05, 3.63) is 70.7 Å². The highest BCUT2D eigenvalue weighted by Gasteiger charge is 2.12. The molecule has 7 heteroatoms. The number of hydrogen-bond donors (Lipinski definition) is 2. The second-order valence-corrected chi connectivity index (χ2v) is 7.20. The third-order valence-corrected chi connectivity index (χ3v) is 5.02. The Morgan fingerprint density at radius 1 is 1.18 bits per heavy atom. The van der Waals surface area contributed by atoms with Crippen molar-refractivity contribution in [2.24, 2.45) is 0 Å². The normalized spacial score (nSPS) is 12.4. The first-order valence-electron chi connectivity index (χ1n) is 8.87. The van der Waals surface area contributed by atoms with Crippen LogP contribution < -0.4 is 10.1 Å². The Morgan fingerprint density at radius 3 is 2.82 bits per heavy atom. The van der Waals surface area contributed by atoms with Gasteiger partial charge in [-0.2, -0.15) is 11.3 Å². The van der Waals surface area contributed by atoms with Crippen LogP contribution in [0.2, 0.25) is 0 Å². The summed E-state index contributed by atoms with van der Waals surface area (Å²) in [7, 11) is 0. The third kappa shape index (κ3) is 4.39. The fourth-order valence-electron chi connectivity index (χ4n) is 2.85. The van der Waals surface area contributed by atoms with Gasteiger partial charge in [0, 0.05) is 30.1 Å². The van der Waals surface area contributed by atoms with E-state index in [4.69, 9.17) is 9.26 Å². The maximum atomic E-state index is 13.3. The zero-order chi connectivity index (χ0) is 19.3. The number of thiophene rings is 1. The highest BCUT2D eigenvalue weighted by atomic mass is 32.1. The molecule has 4 rings (SSSR count). The van der Waals surface area contributed by atoms with Crippen molar-refractivity contribution in [3.8, 4) is 17.1 Å². The van der Waals surface area contributed by atoms with Gasteiger partial charge in [-0.1, -0.05) is 5.16 Å². The predicted octanol–water partition coefficient (Wildman–Crippen LogP) is 4.22. The zero-order valence-electron chi connectivity index (χ0n) is 15.0. The summed E-state index contributed by atoms with van der Waals surface area (Å²) in [5.41, 5.74) is 2.50. The van der Waals surface area contributed by atoms with E-state index < -0.39 is 6.10 Å². The SMILES string of the molecule is O[C@@H](CNCc1ccsc1)COc1ccc(-c2onc3cc(F)ccc23)cc1. The van der Waals surface area contributed by atoms with E-state index >= 15 is 0 Å². The second kappa shape index (κ2) is 8.52. The van der Waals surface area contributed by atoms with Gasteiger partial charge in [0.2, 0.25) is 0 Å². The number of aromatic nitrogens is 1. The van der Waals surface area contributed by atoms with Crippen LogP contribution >= 0.6 is 11.3 Å². The van der Waals surface area contributed by atoms with Crippen LogP contribution in [0, 0.1) is 5.82 Å².